The van der Waals surface area contributed by atoms with Gasteiger partial charge >= 0.3 is 0 Å². The molecule has 0 aliphatic heterocycles. The summed E-state index contributed by atoms with van der Waals surface area (Å²) in [5, 5.41) is 5.20. The van der Waals surface area contributed by atoms with Crippen LogP contribution in [0.5, 0.6) is 5.75 Å². The number of hydrogen-bond acceptors (Lipinski definition) is 3. The molecule has 1 aromatic carbocycles. The average Bonchev–Trinajstić information content (AvgIpc) is 2.47. The minimum atomic E-state index is 0.394. The number of rotatable bonds is 5. The van der Waals surface area contributed by atoms with Gasteiger partial charge in [0.1, 0.15) is 17.1 Å². The number of aromatic nitrogens is 1. The first-order valence-electron chi connectivity index (χ1n) is 7.41. The Morgan fingerprint density at radius 3 is 2.62 bits per heavy atom. The van der Waals surface area contributed by atoms with E-state index in [4.69, 9.17) is 21.3 Å². The maximum absolute atomic E-state index is 6.30. The van der Waals surface area contributed by atoms with E-state index in [1.165, 1.54) is 5.56 Å². The van der Waals surface area contributed by atoms with E-state index < -0.39 is 0 Å². The molecule has 1 N–H and O–H groups in total. The molecule has 0 fully saturated rings. The summed E-state index contributed by atoms with van der Waals surface area (Å²) in [6.45, 7) is 9.43. The van der Waals surface area contributed by atoms with Gasteiger partial charge in [-0.2, -0.15) is 0 Å². The van der Waals surface area contributed by atoms with Crippen LogP contribution >= 0.6 is 11.6 Å². The van der Waals surface area contributed by atoms with Crippen molar-refractivity contribution in [3.63, 3.8) is 0 Å². The lowest BCUT2D eigenvalue weighted by atomic mass is 9.99. The van der Waals surface area contributed by atoms with Gasteiger partial charge in [0.25, 0.3) is 0 Å². The second kappa shape index (κ2) is 6.52. The maximum atomic E-state index is 6.30. The lowest BCUT2D eigenvalue weighted by Crippen LogP contribution is -2.07. The molecule has 2 aromatic rings. The van der Waals surface area contributed by atoms with Crippen LogP contribution in [0.15, 0.2) is 12.1 Å². The zero-order valence-corrected chi connectivity index (χ0v) is 14.1. The lowest BCUT2D eigenvalue weighted by molar-refractivity contribution is 0.419. The fraction of sp³-hybridized carbons (Fsp3) is 0.471. The van der Waals surface area contributed by atoms with Gasteiger partial charge in [0.05, 0.1) is 7.11 Å². The molecule has 1 heterocycles. The van der Waals surface area contributed by atoms with Crippen LogP contribution < -0.4 is 10.1 Å². The van der Waals surface area contributed by atoms with Crippen molar-refractivity contribution in [2.24, 2.45) is 0 Å². The third-order valence-corrected chi connectivity index (χ3v) is 4.08. The summed E-state index contributed by atoms with van der Waals surface area (Å²) in [6.07, 6.45) is 1.06. The topological polar surface area (TPSA) is 34.2 Å². The van der Waals surface area contributed by atoms with Gasteiger partial charge in [-0.25, -0.2) is 4.98 Å². The monoisotopic (exact) mass is 306 g/mol. The van der Waals surface area contributed by atoms with Crippen molar-refractivity contribution in [3.8, 4) is 5.75 Å². The molecule has 0 atom stereocenters. The number of fused-ring (bicyclic) bond motifs is 1. The van der Waals surface area contributed by atoms with E-state index in [1.807, 2.05) is 13.0 Å². The van der Waals surface area contributed by atoms with Crippen molar-refractivity contribution in [3.05, 3.63) is 28.3 Å². The smallest absolute Gasteiger partial charge is 0.146 e. The van der Waals surface area contributed by atoms with Crippen molar-refractivity contribution in [2.45, 2.75) is 40.0 Å². The highest BCUT2D eigenvalue weighted by Crippen LogP contribution is 2.36. The van der Waals surface area contributed by atoms with E-state index in [2.05, 4.69) is 32.2 Å². The Morgan fingerprint density at radius 1 is 1.33 bits per heavy atom. The molecule has 4 heteroatoms. The van der Waals surface area contributed by atoms with E-state index in [0.29, 0.717) is 10.9 Å². The minimum Gasteiger partial charge on any atom is -0.494 e. The molecule has 0 bridgehead atoms. The van der Waals surface area contributed by atoms with Crippen LogP contribution in [0, 0.1) is 6.92 Å². The minimum absolute atomic E-state index is 0.394. The van der Waals surface area contributed by atoms with E-state index in [0.717, 1.165) is 41.0 Å². The first-order chi connectivity index (χ1) is 9.99. The van der Waals surface area contributed by atoms with Gasteiger partial charge in [0, 0.05) is 23.0 Å². The Hall–Kier alpha value is -1.48. The average molecular weight is 307 g/mol. The number of halogens is 1. The quantitative estimate of drug-likeness (QED) is 0.829. The Kier molecular flexibility index (Phi) is 4.94. The molecule has 1 aromatic heterocycles. The Labute approximate surface area is 131 Å². The number of nitrogens with one attached hydrogen (secondary N) is 1. The molecule has 0 aliphatic carbocycles. The molecule has 0 aliphatic rings. The molecule has 114 valence electrons. The van der Waals surface area contributed by atoms with Crippen LogP contribution in [0.1, 0.15) is 44.2 Å². The summed E-state index contributed by atoms with van der Waals surface area (Å²) >= 11 is 6.30. The van der Waals surface area contributed by atoms with Gasteiger partial charge in [0.2, 0.25) is 0 Å². The third kappa shape index (κ3) is 3.08. The highest BCUT2D eigenvalue weighted by molar-refractivity contribution is 6.32. The molecule has 0 saturated heterocycles. The number of aryl methyl sites for hydroxylation is 1. The highest BCUT2D eigenvalue weighted by Gasteiger charge is 2.15. The standard InChI is InChI=1S/C17H23ClN2O/c1-6-7-19-17-12(10(2)3)8-13-11(4)14(18)9-15(21-5)16(13)20-17/h8-10H,6-7H2,1-5H3,(H,19,20). The first-order valence-corrected chi connectivity index (χ1v) is 7.79. The van der Waals surface area contributed by atoms with Crippen LogP contribution in [-0.4, -0.2) is 18.6 Å². The number of methoxy groups -OCH3 is 1. The van der Waals surface area contributed by atoms with Crippen molar-refractivity contribution in [1.82, 2.24) is 4.98 Å². The molecule has 0 saturated carbocycles. The fourth-order valence-corrected chi connectivity index (χ4v) is 2.60. The number of hydrogen-bond donors (Lipinski definition) is 1. The van der Waals surface area contributed by atoms with E-state index in [9.17, 15) is 0 Å². The number of anilines is 1. The van der Waals surface area contributed by atoms with Crippen molar-refractivity contribution in [1.29, 1.82) is 0 Å². The number of ether oxygens (including phenoxy) is 1. The predicted octanol–water partition coefficient (Wildman–Crippen LogP) is 5.15. The van der Waals surface area contributed by atoms with Crippen LogP contribution in [0.4, 0.5) is 5.82 Å². The summed E-state index contributed by atoms with van der Waals surface area (Å²) in [7, 11) is 1.65. The first kappa shape index (κ1) is 15.9. The van der Waals surface area contributed by atoms with E-state index in [1.54, 1.807) is 7.11 Å². The number of pyridine rings is 1. The van der Waals surface area contributed by atoms with Gasteiger partial charge in [-0.15, -0.1) is 0 Å². The predicted molar refractivity (Wildman–Crippen MR) is 90.9 cm³/mol. The molecule has 0 unspecified atom stereocenters. The van der Waals surface area contributed by atoms with Crippen LogP contribution in [0.2, 0.25) is 5.02 Å². The Morgan fingerprint density at radius 2 is 2.05 bits per heavy atom. The SMILES string of the molecule is CCCNc1nc2c(OC)cc(Cl)c(C)c2cc1C(C)C. The van der Waals surface area contributed by atoms with Gasteiger partial charge in [0.15, 0.2) is 0 Å². The molecule has 0 amide bonds. The van der Waals surface area contributed by atoms with Crippen molar-refractivity contribution in [2.75, 3.05) is 19.0 Å². The molecular formula is C17H23ClN2O. The Bertz CT molecular complexity index is 653. The zero-order chi connectivity index (χ0) is 15.6. The van der Waals surface area contributed by atoms with Gasteiger partial charge in [-0.05, 0) is 36.5 Å². The van der Waals surface area contributed by atoms with Crippen LogP contribution in [-0.2, 0) is 0 Å². The maximum Gasteiger partial charge on any atom is 0.146 e. The molecule has 3 nitrogen and oxygen atoms in total. The third-order valence-electron chi connectivity index (χ3n) is 3.69. The summed E-state index contributed by atoms with van der Waals surface area (Å²) in [5.41, 5.74) is 3.12. The number of nitrogens with zero attached hydrogens (tertiary/aromatic N) is 1. The second-order valence-electron chi connectivity index (χ2n) is 5.59. The zero-order valence-electron chi connectivity index (χ0n) is 13.4. The van der Waals surface area contributed by atoms with Gasteiger partial charge in [-0.1, -0.05) is 32.4 Å². The van der Waals surface area contributed by atoms with E-state index in [-0.39, 0.29) is 0 Å². The summed E-state index contributed by atoms with van der Waals surface area (Å²) < 4.78 is 5.45. The normalized spacial score (nSPS) is 11.2. The molecule has 21 heavy (non-hydrogen) atoms. The summed E-state index contributed by atoms with van der Waals surface area (Å²) in [4.78, 5) is 4.81. The largest absolute Gasteiger partial charge is 0.494 e. The van der Waals surface area contributed by atoms with Crippen molar-refractivity contribution >= 4 is 28.3 Å². The fourth-order valence-electron chi connectivity index (χ4n) is 2.40. The molecule has 0 spiro atoms. The van der Waals surface area contributed by atoms with Gasteiger partial charge in [-0.3, -0.25) is 0 Å². The Balaban J connectivity index is 2.73. The van der Waals surface area contributed by atoms with Gasteiger partial charge < -0.3 is 10.1 Å². The number of benzene rings is 1. The second-order valence-corrected chi connectivity index (χ2v) is 6.00. The molecule has 0 radical (unpaired) electrons. The lowest BCUT2D eigenvalue weighted by Gasteiger charge is -2.17. The molecule has 2 rings (SSSR count). The van der Waals surface area contributed by atoms with Crippen LogP contribution in [0.3, 0.4) is 0 Å². The molecular weight excluding hydrogens is 284 g/mol. The highest BCUT2D eigenvalue weighted by atomic mass is 35.5. The summed E-state index contributed by atoms with van der Waals surface area (Å²) in [5.74, 6) is 2.06. The van der Waals surface area contributed by atoms with Crippen molar-refractivity contribution < 1.29 is 4.74 Å². The van der Waals surface area contributed by atoms with Crippen LogP contribution in [0.25, 0.3) is 10.9 Å². The summed E-state index contributed by atoms with van der Waals surface area (Å²) in [6, 6.07) is 4.03. The van der Waals surface area contributed by atoms with E-state index >= 15 is 0 Å².